The highest BCUT2D eigenvalue weighted by Gasteiger charge is 2.33. The largest absolute Gasteiger partial charge is 0.490 e. The van der Waals surface area contributed by atoms with E-state index in [1.165, 1.54) is 16.8 Å². The molecule has 11 nitrogen and oxygen atoms in total. The van der Waals surface area contributed by atoms with Gasteiger partial charge in [0.1, 0.15) is 5.82 Å². The molecule has 5 heterocycles. The minimum Gasteiger partial charge on any atom is -0.490 e. The molecule has 0 spiro atoms. The van der Waals surface area contributed by atoms with Crippen LogP contribution in [0.5, 0.6) is 5.75 Å². The summed E-state index contributed by atoms with van der Waals surface area (Å²) in [5.74, 6) is 2.00. The monoisotopic (exact) mass is 498 g/mol. The van der Waals surface area contributed by atoms with Crippen molar-refractivity contribution in [2.45, 2.75) is 44.7 Å². The van der Waals surface area contributed by atoms with Crippen molar-refractivity contribution in [3.8, 4) is 5.75 Å². The predicted octanol–water partition coefficient (Wildman–Crippen LogP) is 1.97. The van der Waals surface area contributed by atoms with Gasteiger partial charge < -0.3 is 29.4 Å². The number of hydrogen-bond acceptors (Lipinski definition) is 10. The molecule has 3 aromatic heterocycles. The third-order valence-electron chi connectivity index (χ3n) is 6.81. The summed E-state index contributed by atoms with van der Waals surface area (Å²) in [5, 5.41) is 4.05. The molecule has 0 unspecified atom stereocenters. The van der Waals surface area contributed by atoms with Crippen LogP contribution in [0.2, 0.25) is 0 Å². The SMILES string of the molecule is CC(C)c1noc(N2CCC(COc3cnc(N4C[C@@H](N)[C@H](n5cc(F)ccc5=O)C4)nc3)CC2)n1. The molecule has 0 radical (unpaired) electrons. The Hall–Kier alpha value is -3.54. The first-order valence-corrected chi connectivity index (χ1v) is 12.3. The first kappa shape index (κ1) is 24.2. The maximum Gasteiger partial charge on any atom is 0.324 e. The number of halogens is 1. The molecule has 2 aliphatic heterocycles. The summed E-state index contributed by atoms with van der Waals surface area (Å²) >= 11 is 0. The average Bonchev–Trinajstić information content (AvgIpc) is 3.52. The number of nitrogens with two attached hydrogens (primary N) is 1. The molecule has 2 atom stereocenters. The molecule has 2 fully saturated rings. The first-order valence-electron chi connectivity index (χ1n) is 12.3. The Labute approximate surface area is 208 Å². The van der Waals surface area contributed by atoms with Gasteiger partial charge in [-0.2, -0.15) is 4.98 Å². The van der Waals surface area contributed by atoms with Gasteiger partial charge in [-0.1, -0.05) is 19.0 Å². The van der Waals surface area contributed by atoms with Crippen LogP contribution in [0.3, 0.4) is 0 Å². The molecule has 0 amide bonds. The lowest BCUT2D eigenvalue weighted by Gasteiger charge is -2.30. The van der Waals surface area contributed by atoms with Crippen molar-refractivity contribution in [3.63, 3.8) is 0 Å². The molecular formula is C24H31FN8O3. The zero-order valence-corrected chi connectivity index (χ0v) is 20.5. The van der Waals surface area contributed by atoms with Gasteiger partial charge in [0.25, 0.3) is 5.56 Å². The number of aromatic nitrogens is 5. The zero-order chi connectivity index (χ0) is 25.2. The van der Waals surface area contributed by atoms with Crippen molar-refractivity contribution < 1.29 is 13.7 Å². The lowest BCUT2D eigenvalue weighted by molar-refractivity contribution is 0.219. The first-order chi connectivity index (χ1) is 17.4. The molecule has 0 saturated carbocycles. The quantitative estimate of drug-likeness (QED) is 0.516. The van der Waals surface area contributed by atoms with Gasteiger partial charge in [0.2, 0.25) is 5.95 Å². The third-order valence-corrected chi connectivity index (χ3v) is 6.81. The lowest BCUT2D eigenvalue weighted by Crippen LogP contribution is -2.36. The number of hydrogen-bond donors (Lipinski definition) is 1. The Balaban J connectivity index is 1.12. The molecule has 36 heavy (non-hydrogen) atoms. The summed E-state index contributed by atoms with van der Waals surface area (Å²) in [7, 11) is 0. The normalized spacial score (nSPS) is 20.9. The number of nitrogens with zero attached hydrogens (tertiary/aromatic N) is 7. The second kappa shape index (κ2) is 10.2. The zero-order valence-electron chi connectivity index (χ0n) is 20.5. The molecule has 2 N–H and O–H groups in total. The van der Waals surface area contributed by atoms with Gasteiger partial charge in [-0.15, -0.1) is 0 Å². The van der Waals surface area contributed by atoms with Crippen LogP contribution in [-0.4, -0.2) is 63.5 Å². The van der Waals surface area contributed by atoms with E-state index in [0.717, 1.165) is 37.8 Å². The fourth-order valence-corrected chi connectivity index (χ4v) is 4.65. The number of ether oxygens (including phenoxy) is 1. The van der Waals surface area contributed by atoms with Crippen LogP contribution in [0.1, 0.15) is 44.5 Å². The minimum absolute atomic E-state index is 0.240. The van der Waals surface area contributed by atoms with Crippen LogP contribution < -0.4 is 25.8 Å². The summed E-state index contributed by atoms with van der Waals surface area (Å²) in [6.07, 6.45) is 6.42. The van der Waals surface area contributed by atoms with Crippen molar-refractivity contribution in [3.05, 3.63) is 52.7 Å². The number of rotatable bonds is 7. The van der Waals surface area contributed by atoms with Gasteiger partial charge in [0.15, 0.2) is 11.6 Å². The molecule has 2 aliphatic rings. The second-order valence-electron chi connectivity index (χ2n) is 9.78. The second-order valence-corrected chi connectivity index (χ2v) is 9.78. The average molecular weight is 499 g/mol. The molecule has 5 rings (SSSR count). The Morgan fingerprint density at radius 3 is 2.61 bits per heavy atom. The van der Waals surface area contributed by atoms with Crippen molar-refractivity contribution in [1.29, 1.82) is 0 Å². The van der Waals surface area contributed by atoms with Gasteiger partial charge in [0.05, 0.1) is 25.0 Å². The van der Waals surface area contributed by atoms with Crippen LogP contribution in [0.15, 0.2) is 40.0 Å². The predicted molar refractivity (Wildman–Crippen MR) is 131 cm³/mol. The van der Waals surface area contributed by atoms with E-state index >= 15 is 0 Å². The molecular weight excluding hydrogens is 467 g/mol. The van der Waals surface area contributed by atoms with E-state index in [0.29, 0.717) is 43.3 Å². The van der Waals surface area contributed by atoms with E-state index in [1.54, 1.807) is 12.4 Å². The van der Waals surface area contributed by atoms with Crippen molar-refractivity contribution in [2.24, 2.45) is 11.7 Å². The highest BCUT2D eigenvalue weighted by Crippen LogP contribution is 2.26. The number of piperidine rings is 1. The van der Waals surface area contributed by atoms with Crippen LogP contribution >= 0.6 is 0 Å². The molecule has 0 bridgehead atoms. The van der Waals surface area contributed by atoms with Gasteiger partial charge >= 0.3 is 6.01 Å². The summed E-state index contributed by atoms with van der Waals surface area (Å²) < 4.78 is 26.4. The van der Waals surface area contributed by atoms with E-state index in [-0.39, 0.29) is 23.6 Å². The topological polar surface area (TPSA) is 128 Å². The van der Waals surface area contributed by atoms with Crippen molar-refractivity contribution >= 4 is 12.0 Å². The molecule has 192 valence electrons. The maximum atomic E-state index is 13.7. The highest BCUT2D eigenvalue weighted by molar-refractivity contribution is 5.35. The van der Waals surface area contributed by atoms with Gasteiger partial charge in [0, 0.05) is 50.4 Å². The van der Waals surface area contributed by atoms with E-state index in [1.807, 2.05) is 18.7 Å². The Morgan fingerprint density at radius 2 is 1.92 bits per heavy atom. The van der Waals surface area contributed by atoms with Crippen LogP contribution in [0, 0.1) is 11.7 Å². The number of anilines is 2. The van der Waals surface area contributed by atoms with E-state index in [9.17, 15) is 9.18 Å². The molecule has 0 aromatic carbocycles. The van der Waals surface area contributed by atoms with Crippen molar-refractivity contribution in [2.75, 3.05) is 42.6 Å². The summed E-state index contributed by atoms with van der Waals surface area (Å²) in [5.41, 5.74) is 5.97. The fourth-order valence-electron chi connectivity index (χ4n) is 4.65. The standard InChI is InChI=1S/C24H31FN8O3/c1-15(2)22-29-24(36-30-22)31-7-5-16(6-8-31)14-35-18-9-27-23(28-10-18)32-12-19(26)20(13-32)33-11-17(25)3-4-21(33)34/h3-4,9-11,15-16,19-20H,5-8,12-14,26H2,1-2H3/t19-,20-/m1/s1. The number of pyridine rings is 1. The summed E-state index contributed by atoms with van der Waals surface area (Å²) in [6, 6.07) is 2.25. The van der Waals surface area contributed by atoms with Crippen LogP contribution in [0.4, 0.5) is 16.4 Å². The summed E-state index contributed by atoms with van der Waals surface area (Å²) in [4.78, 5) is 29.5. The minimum atomic E-state index is -0.474. The lowest BCUT2D eigenvalue weighted by atomic mass is 9.98. The molecule has 12 heteroatoms. The maximum absolute atomic E-state index is 13.7. The van der Waals surface area contributed by atoms with Crippen LogP contribution in [-0.2, 0) is 0 Å². The van der Waals surface area contributed by atoms with Gasteiger partial charge in [-0.3, -0.25) is 4.79 Å². The van der Waals surface area contributed by atoms with Gasteiger partial charge in [-0.05, 0) is 24.8 Å². The van der Waals surface area contributed by atoms with E-state index in [2.05, 4.69) is 25.0 Å². The fraction of sp³-hybridized carbons (Fsp3) is 0.542. The molecule has 0 aliphatic carbocycles. The Morgan fingerprint density at radius 1 is 1.17 bits per heavy atom. The summed E-state index contributed by atoms with van der Waals surface area (Å²) in [6.45, 7) is 7.23. The molecule has 2 saturated heterocycles. The van der Waals surface area contributed by atoms with Crippen molar-refractivity contribution in [1.82, 2.24) is 24.7 Å². The van der Waals surface area contributed by atoms with E-state index in [4.69, 9.17) is 15.0 Å². The van der Waals surface area contributed by atoms with Crippen LogP contribution in [0.25, 0.3) is 0 Å². The smallest absolute Gasteiger partial charge is 0.324 e. The highest BCUT2D eigenvalue weighted by atomic mass is 19.1. The van der Waals surface area contributed by atoms with E-state index < -0.39 is 5.82 Å². The molecule has 3 aromatic rings. The Bertz CT molecular complexity index is 1220. The third kappa shape index (κ3) is 5.18. The van der Waals surface area contributed by atoms with Gasteiger partial charge in [-0.25, -0.2) is 14.4 Å². The Kier molecular flexibility index (Phi) is 6.86.